The monoisotopic (exact) mass is 401 g/mol. The third-order valence-corrected chi connectivity index (χ3v) is 5.54. The first-order chi connectivity index (χ1) is 14.5. The number of hydrogen-bond donors (Lipinski definition) is 2. The van der Waals surface area contributed by atoms with E-state index in [4.69, 9.17) is 5.73 Å². The van der Waals surface area contributed by atoms with Crippen molar-refractivity contribution in [2.45, 2.75) is 12.8 Å². The van der Waals surface area contributed by atoms with Crippen LogP contribution in [-0.4, -0.2) is 35.7 Å². The Bertz CT molecular complexity index is 1100. The highest BCUT2D eigenvalue weighted by atomic mass is 16.2. The highest BCUT2D eigenvalue weighted by molar-refractivity contribution is 6.07. The number of piperidine rings is 1. The van der Waals surface area contributed by atoms with Crippen molar-refractivity contribution in [2.75, 3.05) is 18.4 Å². The molecule has 3 amide bonds. The molecule has 3 aromatic carbocycles. The fourth-order valence-corrected chi connectivity index (χ4v) is 3.92. The molecule has 0 aromatic heterocycles. The summed E-state index contributed by atoms with van der Waals surface area (Å²) in [4.78, 5) is 38.9. The predicted octanol–water partition coefficient (Wildman–Crippen LogP) is 3.43. The lowest BCUT2D eigenvalue weighted by molar-refractivity contribution is -0.121. The van der Waals surface area contributed by atoms with Crippen molar-refractivity contribution in [3.05, 3.63) is 77.9 Å². The lowest BCUT2D eigenvalue weighted by Gasteiger charge is -2.32. The Balaban J connectivity index is 1.46. The fraction of sp³-hybridized carbons (Fsp3) is 0.208. The number of carbonyl (C=O) groups is 3. The SMILES string of the molecule is NC(=O)c1ccc(NC(=O)C2CCCN(C(=O)c3cccc4ccccc34)C2)cc1. The number of likely N-dealkylation sites (tertiary alicyclic amines) is 1. The van der Waals surface area contributed by atoms with Crippen LogP contribution in [0.2, 0.25) is 0 Å². The normalized spacial score (nSPS) is 16.3. The van der Waals surface area contributed by atoms with E-state index in [0.717, 1.165) is 23.6 Å². The Kier molecular flexibility index (Phi) is 5.48. The molecule has 0 saturated carbocycles. The van der Waals surface area contributed by atoms with Crippen LogP contribution in [-0.2, 0) is 4.79 Å². The van der Waals surface area contributed by atoms with Gasteiger partial charge in [0.25, 0.3) is 5.91 Å². The van der Waals surface area contributed by atoms with Crippen LogP contribution < -0.4 is 11.1 Å². The van der Waals surface area contributed by atoms with Gasteiger partial charge in [0.15, 0.2) is 0 Å². The van der Waals surface area contributed by atoms with Crippen molar-refractivity contribution in [2.24, 2.45) is 11.7 Å². The summed E-state index contributed by atoms with van der Waals surface area (Å²) >= 11 is 0. The zero-order valence-corrected chi connectivity index (χ0v) is 16.5. The molecule has 152 valence electrons. The lowest BCUT2D eigenvalue weighted by atomic mass is 9.95. The van der Waals surface area contributed by atoms with E-state index in [1.807, 2.05) is 42.5 Å². The van der Waals surface area contributed by atoms with Gasteiger partial charge in [-0.3, -0.25) is 14.4 Å². The van der Waals surface area contributed by atoms with Gasteiger partial charge < -0.3 is 16.0 Å². The number of nitrogens with one attached hydrogen (secondary N) is 1. The molecule has 0 spiro atoms. The third kappa shape index (κ3) is 4.03. The zero-order valence-electron chi connectivity index (χ0n) is 16.5. The lowest BCUT2D eigenvalue weighted by Crippen LogP contribution is -2.43. The molecule has 1 atom stereocenters. The summed E-state index contributed by atoms with van der Waals surface area (Å²) in [7, 11) is 0. The van der Waals surface area contributed by atoms with Crippen LogP contribution in [0.3, 0.4) is 0 Å². The summed E-state index contributed by atoms with van der Waals surface area (Å²) < 4.78 is 0. The van der Waals surface area contributed by atoms with Crippen molar-refractivity contribution in [3.8, 4) is 0 Å². The number of benzene rings is 3. The van der Waals surface area contributed by atoms with Gasteiger partial charge in [-0.05, 0) is 53.9 Å². The molecule has 3 N–H and O–H groups in total. The average molecular weight is 401 g/mol. The Hall–Kier alpha value is -3.67. The minimum absolute atomic E-state index is 0.0462. The van der Waals surface area contributed by atoms with E-state index >= 15 is 0 Å². The first-order valence-corrected chi connectivity index (χ1v) is 10.0. The Morgan fingerprint density at radius 3 is 2.43 bits per heavy atom. The second-order valence-electron chi connectivity index (χ2n) is 7.55. The molecule has 1 heterocycles. The molecule has 1 fully saturated rings. The molecule has 4 rings (SSSR count). The van der Waals surface area contributed by atoms with Gasteiger partial charge in [0.05, 0.1) is 5.92 Å². The second-order valence-corrected chi connectivity index (χ2v) is 7.55. The van der Waals surface area contributed by atoms with Gasteiger partial charge in [-0.2, -0.15) is 0 Å². The fourth-order valence-electron chi connectivity index (χ4n) is 3.92. The van der Waals surface area contributed by atoms with Gasteiger partial charge in [0, 0.05) is 29.9 Å². The largest absolute Gasteiger partial charge is 0.366 e. The minimum atomic E-state index is -0.511. The average Bonchev–Trinajstić information content (AvgIpc) is 2.78. The van der Waals surface area contributed by atoms with Crippen molar-refractivity contribution in [1.29, 1.82) is 0 Å². The van der Waals surface area contributed by atoms with Crippen molar-refractivity contribution in [1.82, 2.24) is 4.90 Å². The number of fused-ring (bicyclic) bond motifs is 1. The summed E-state index contributed by atoms with van der Waals surface area (Å²) in [5.74, 6) is -0.969. The summed E-state index contributed by atoms with van der Waals surface area (Å²) in [6, 6.07) is 20.0. The number of nitrogens with zero attached hydrogens (tertiary/aromatic N) is 1. The molecule has 1 aliphatic rings. The van der Waals surface area contributed by atoms with E-state index in [9.17, 15) is 14.4 Å². The van der Waals surface area contributed by atoms with Crippen molar-refractivity contribution >= 4 is 34.2 Å². The van der Waals surface area contributed by atoms with Gasteiger partial charge in [-0.15, -0.1) is 0 Å². The molecule has 3 aromatic rings. The van der Waals surface area contributed by atoms with Gasteiger partial charge in [0.1, 0.15) is 0 Å². The summed E-state index contributed by atoms with van der Waals surface area (Å²) in [6.45, 7) is 1.02. The number of carbonyl (C=O) groups excluding carboxylic acids is 3. The van der Waals surface area contributed by atoms with Crippen molar-refractivity contribution in [3.63, 3.8) is 0 Å². The highest BCUT2D eigenvalue weighted by Gasteiger charge is 2.29. The van der Waals surface area contributed by atoms with Crippen LogP contribution in [0.4, 0.5) is 5.69 Å². The van der Waals surface area contributed by atoms with Crippen LogP contribution in [0.15, 0.2) is 66.7 Å². The van der Waals surface area contributed by atoms with Crippen LogP contribution in [0.25, 0.3) is 10.8 Å². The van der Waals surface area contributed by atoms with E-state index in [-0.39, 0.29) is 17.7 Å². The Morgan fingerprint density at radius 1 is 0.933 bits per heavy atom. The maximum absolute atomic E-state index is 13.2. The van der Waals surface area contributed by atoms with E-state index in [1.54, 1.807) is 29.2 Å². The van der Waals surface area contributed by atoms with Crippen LogP contribution in [0.1, 0.15) is 33.6 Å². The number of amides is 3. The Labute approximate surface area is 174 Å². The first-order valence-electron chi connectivity index (χ1n) is 10.0. The van der Waals surface area contributed by atoms with Gasteiger partial charge >= 0.3 is 0 Å². The Morgan fingerprint density at radius 2 is 1.67 bits per heavy atom. The zero-order chi connectivity index (χ0) is 21.1. The molecule has 1 saturated heterocycles. The molecular weight excluding hydrogens is 378 g/mol. The van der Waals surface area contributed by atoms with E-state index in [1.165, 1.54) is 0 Å². The first kappa shape index (κ1) is 19.6. The van der Waals surface area contributed by atoms with E-state index < -0.39 is 5.91 Å². The van der Waals surface area contributed by atoms with E-state index in [0.29, 0.717) is 29.9 Å². The van der Waals surface area contributed by atoms with Gasteiger partial charge in [-0.25, -0.2) is 0 Å². The maximum Gasteiger partial charge on any atom is 0.254 e. The summed E-state index contributed by atoms with van der Waals surface area (Å²) in [5, 5.41) is 4.82. The molecule has 0 radical (unpaired) electrons. The number of hydrogen-bond acceptors (Lipinski definition) is 3. The highest BCUT2D eigenvalue weighted by Crippen LogP contribution is 2.24. The standard InChI is InChI=1S/C24H23N3O3/c25-22(28)17-10-12-19(13-11-17)26-23(29)18-7-4-14-27(15-18)24(30)21-9-3-6-16-5-1-2-8-20(16)21/h1-3,5-6,8-13,18H,4,7,14-15H2,(H2,25,28)(H,26,29). The number of primary amides is 1. The molecule has 0 aliphatic carbocycles. The van der Waals surface area contributed by atoms with Crippen LogP contribution >= 0.6 is 0 Å². The van der Waals surface area contributed by atoms with E-state index in [2.05, 4.69) is 5.32 Å². The smallest absolute Gasteiger partial charge is 0.254 e. The molecule has 0 bridgehead atoms. The predicted molar refractivity (Wildman–Crippen MR) is 116 cm³/mol. The topological polar surface area (TPSA) is 92.5 Å². The van der Waals surface area contributed by atoms with Crippen LogP contribution in [0, 0.1) is 5.92 Å². The molecule has 1 unspecified atom stereocenters. The quantitative estimate of drug-likeness (QED) is 0.701. The summed E-state index contributed by atoms with van der Waals surface area (Å²) in [5.41, 5.74) is 6.89. The maximum atomic E-state index is 13.2. The molecule has 6 nitrogen and oxygen atoms in total. The van der Waals surface area contributed by atoms with Crippen LogP contribution in [0.5, 0.6) is 0 Å². The number of nitrogens with two attached hydrogens (primary N) is 1. The van der Waals surface area contributed by atoms with Crippen molar-refractivity contribution < 1.29 is 14.4 Å². The molecule has 1 aliphatic heterocycles. The molecule has 30 heavy (non-hydrogen) atoms. The van der Waals surface area contributed by atoms with Gasteiger partial charge in [0.2, 0.25) is 11.8 Å². The molecule has 6 heteroatoms. The molecular formula is C24H23N3O3. The second kappa shape index (κ2) is 8.37. The number of rotatable bonds is 4. The third-order valence-electron chi connectivity index (χ3n) is 5.54. The van der Waals surface area contributed by atoms with Gasteiger partial charge in [-0.1, -0.05) is 36.4 Å². The number of anilines is 1. The minimum Gasteiger partial charge on any atom is -0.366 e. The summed E-state index contributed by atoms with van der Waals surface area (Å²) in [6.07, 6.45) is 1.50.